The van der Waals surface area contributed by atoms with Gasteiger partial charge in [-0.25, -0.2) is 0 Å². The molecule has 0 fully saturated rings. The molecule has 2 rings (SSSR count). The Kier molecular flexibility index (Phi) is 5.65. The summed E-state index contributed by atoms with van der Waals surface area (Å²) >= 11 is 3.58. The van der Waals surface area contributed by atoms with E-state index in [-0.39, 0.29) is 5.54 Å². The number of fused-ring (bicyclic) bond motifs is 1. The van der Waals surface area contributed by atoms with Crippen LogP contribution in [-0.4, -0.2) is 30.1 Å². The smallest absolute Gasteiger partial charge is 0.0375 e. The van der Waals surface area contributed by atoms with Gasteiger partial charge in [0.1, 0.15) is 0 Å². The lowest BCUT2D eigenvalue weighted by Gasteiger charge is -2.46. The maximum atomic E-state index is 6.24. The number of aryl methyl sites for hydroxylation is 1. The minimum atomic E-state index is 0.173. The highest BCUT2D eigenvalue weighted by Crippen LogP contribution is 2.34. The van der Waals surface area contributed by atoms with E-state index in [1.165, 1.54) is 34.9 Å². The summed E-state index contributed by atoms with van der Waals surface area (Å²) in [6.07, 6.45) is 5.85. The van der Waals surface area contributed by atoms with Gasteiger partial charge >= 0.3 is 0 Å². The Morgan fingerprint density at radius 3 is 2.50 bits per heavy atom. The lowest BCUT2D eigenvalue weighted by Crippen LogP contribution is -2.57. The molecule has 3 heteroatoms. The average Bonchev–Trinajstić information content (AvgIpc) is 2.46. The van der Waals surface area contributed by atoms with Crippen molar-refractivity contribution >= 4 is 15.9 Å². The molecule has 1 aromatic carbocycles. The monoisotopic (exact) mass is 338 g/mol. The number of hydrogen-bond acceptors (Lipinski definition) is 2. The largest absolute Gasteiger partial charge is 0.329 e. The zero-order valence-corrected chi connectivity index (χ0v) is 14.4. The van der Waals surface area contributed by atoms with Crippen molar-refractivity contribution in [1.29, 1.82) is 0 Å². The molecule has 0 amide bonds. The number of benzene rings is 1. The second-order valence-corrected chi connectivity index (χ2v) is 6.92. The lowest BCUT2D eigenvalue weighted by molar-refractivity contribution is 0.0788. The predicted octanol–water partition coefficient (Wildman–Crippen LogP) is 3.76. The highest BCUT2D eigenvalue weighted by Gasteiger charge is 2.37. The molecule has 0 aliphatic heterocycles. The van der Waals surface area contributed by atoms with Gasteiger partial charge in [0.05, 0.1) is 0 Å². The Balaban J connectivity index is 2.26. The summed E-state index contributed by atoms with van der Waals surface area (Å²) in [4.78, 5) is 2.65. The van der Waals surface area contributed by atoms with E-state index in [1.54, 1.807) is 0 Å². The second-order valence-electron chi connectivity index (χ2n) is 6.01. The quantitative estimate of drug-likeness (QED) is 0.855. The fourth-order valence-electron chi connectivity index (χ4n) is 3.51. The maximum absolute atomic E-state index is 6.24. The Bertz CT molecular complexity index is 441. The third kappa shape index (κ3) is 3.26. The van der Waals surface area contributed by atoms with Crippen LogP contribution in [0.25, 0.3) is 0 Å². The number of halogens is 1. The molecule has 2 nitrogen and oxygen atoms in total. The van der Waals surface area contributed by atoms with E-state index >= 15 is 0 Å². The van der Waals surface area contributed by atoms with E-state index in [0.717, 1.165) is 32.5 Å². The first kappa shape index (κ1) is 16.0. The summed E-state index contributed by atoms with van der Waals surface area (Å²) in [7, 11) is 0. The molecule has 0 bridgehead atoms. The van der Waals surface area contributed by atoms with Crippen LogP contribution in [0.5, 0.6) is 0 Å². The topological polar surface area (TPSA) is 29.3 Å². The van der Waals surface area contributed by atoms with Crippen LogP contribution < -0.4 is 5.73 Å². The molecule has 1 aromatic rings. The third-order valence-corrected chi connectivity index (χ3v) is 5.08. The van der Waals surface area contributed by atoms with Crippen LogP contribution in [0.2, 0.25) is 0 Å². The summed E-state index contributed by atoms with van der Waals surface area (Å²) in [5, 5.41) is 0. The highest BCUT2D eigenvalue weighted by atomic mass is 79.9. The van der Waals surface area contributed by atoms with Gasteiger partial charge in [0.2, 0.25) is 0 Å². The summed E-state index contributed by atoms with van der Waals surface area (Å²) in [6.45, 7) is 7.62. The molecular formula is C17H27BrN2. The summed E-state index contributed by atoms with van der Waals surface area (Å²) in [6, 6.07) is 6.72. The van der Waals surface area contributed by atoms with Crippen molar-refractivity contribution in [3.63, 3.8) is 0 Å². The first-order chi connectivity index (χ1) is 9.65. The molecule has 1 aliphatic carbocycles. The van der Waals surface area contributed by atoms with E-state index in [1.807, 2.05) is 0 Å². The molecule has 20 heavy (non-hydrogen) atoms. The van der Waals surface area contributed by atoms with Gasteiger partial charge in [-0.1, -0.05) is 35.8 Å². The first-order valence-electron chi connectivity index (χ1n) is 7.87. The SMILES string of the molecule is CCCN(CCC)C1(CN)CCc2cc(Br)ccc2C1. The molecule has 112 valence electrons. The Morgan fingerprint density at radius 2 is 1.90 bits per heavy atom. The number of rotatable bonds is 6. The van der Waals surface area contributed by atoms with Crippen molar-refractivity contribution in [1.82, 2.24) is 4.90 Å². The van der Waals surface area contributed by atoms with Gasteiger partial charge in [0, 0.05) is 16.6 Å². The van der Waals surface area contributed by atoms with Crippen LogP contribution in [0.15, 0.2) is 22.7 Å². The minimum absolute atomic E-state index is 0.173. The Labute approximate surface area is 131 Å². The van der Waals surface area contributed by atoms with Crippen molar-refractivity contribution in [3.8, 4) is 0 Å². The van der Waals surface area contributed by atoms with Crippen molar-refractivity contribution in [2.75, 3.05) is 19.6 Å². The molecule has 0 saturated heterocycles. The van der Waals surface area contributed by atoms with E-state index < -0.39 is 0 Å². The summed E-state index contributed by atoms with van der Waals surface area (Å²) in [5.41, 5.74) is 9.39. The van der Waals surface area contributed by atoms with Crippen LogP contribution in [0, 0.1) is 0 Å². The molecule has 1 unspecified atom stereocenters. The second kappa shape index (κ2) is 7.06. The lowest BCUT2D eigenvalue weighted by atomic mass is 9.76. The van der Waals surface area contributed by atoms with Crippen LogP contribution >= 0.6 is 15.9 Å². The van der Waals surface area contributed by atoms with E-state index in [0.29, 0.717) is 0 Å². The molecular weight excluding hydrogens is 312 g/mol. The maximum Gasteiger partial charge on any atom is 0.0375 e. The third-order valence-electron chi connectivity index (χ3n) is 4.59. The van der Waals surface area contributed by atoms with Crippen LogP contribution in [0.4, 0.5) is 0 Å². The fourth-order valence-corrected chi connectivity index (χ4v) is 3.92. The van der Waals surface area contributed by atoms with Gasteiger partial charge in [-0.3, -0.25) is 4.90 Å². The standard InChI is InChI=1S/C17H27BrN2/c1-3-9-20(10-4-2)17(13-19)8-7-14-11-16(18)6-5-15(14)12-17/h5-6,11H,3-4,7-10,12-13,19H2,1-2H3. The van der Waals surface area contributed by atoms with Gasteiger partial charge < -0.3 is 5.73 Å². The van der Waals surface area contributed by atoms with E-state index in [9.17, 15) is 0 Å². The zero-order valence-electron chi connectivity index (χ0n) is 12.8. The zero-order chi connectivity index (χ0) is 14.6. The molecule has 0 spiro atoms. The van der Waals surface area contributed by atoms with Crippen molar-refractivity contribution in [3.05, 3.63) is 33.8 Å². The first-order valence-corrected chi connectivity index (χ1v) is 8.67. The highest BCUT2D eigenvalue weighted by molar-refractivity contribution is 9.10. The Morgan fingerprint density at radius 1 is 1.20 bits per heavy atom. The van der Waals surface area contributed by atoms with Gasteiger partial charge in [-0.15, -0.1) is 0 Å². The van der Waals surface area contributed by atoms with E-state index in [4.69, 9.17) is 5.73 Å². The summed E-state index contributed by atoms with van der Waals surface area (Å²) < 4.78 is 1.19. The van der Waals surface area contributed by atoms with Crippen LogP contribution in [-0.2, 0) is 12.8 Å². The van der Waals surface area contributed by atoms with Gasteiger partial charge in [-0.2, -0.15) is 0 Å². The van der Waals surface area contributed by atoms with E-state index in [2.05, 4.69) is 52.9 Å². The minimum Gasteiger partial charge on any atom is -0.329 e. The number of nitrogens with two attached hydrogens (primary N) is 1. The normalized spacial score (nSPS) is 22.1. The molecule has 0 radical (unpaired) electrons. The molecule has 0 heterocycles. The molecule has 0 aromatic heterocycles. The molecule has 1 atom stereocenters. The Hall–Kier alpha value is -0.380. The van der Waals surface area contributed by atoms with Gasteiger partial charge in [0.15, 0.2) is 0 Å². The summed E-state index contributed by atoms with van der Waals surface area (Å²) in [5.74, 6) is 0. The fraction of sp³-hybridized carbons (Fsp3) is 0.647. The van der Waals surface area contributed by atoms with Crippen molar-refractivity contribution < 1.29 is 0 Å². The van der Waals surface area contributed by atoms with Gasteiger partial charge in [0.25, 0.3) is 0 Å². The van der Waals surface area contributed by atoms with Crippen LogP contribution in [0.1, 0.15) is 44.2 Å². The molecule has 0 saturated carbocycles. The average molecular weight is 339 g/mol. The predicted molar refractivity (Wildman–Crippen MR) is 90.1 cm³/mol. The number of nitrogens with zero attached hydrogens (tertiary/aromatic N) is 1. The van der Waals surface area contributed by atoms with Crippen molar-refractivity contribution in [2.45, 2.75) is 51.5 Å². The number of hydrogen-bond donors (Lipinski definition) is 1. The van der Waals surface area contributed by atoms with Crippen molar-refractivity contribution in [2.24, 2.45) is 5.73 Å². The molecule has 1 aliphatic rings. The van der Waals surface area contributed by atoms with Crippen LogP contribution in [0.3, 0.4) is 0 Å². The van der Waals surface area contributed by atoms with Gasteiger partial charge in [-0.05, 0) is 68.5 Å². The molecule has 2 N–H and O–H groups in total.